The third-order valence-corrected chi connectivity index (χ3v) is 11.7. The summed E-state index contributed by atoms with van der Waals surface area (Å²) in [7, 11) is 0. The molecule has 0 unspecified atom stereocenters. The maximum Gasteiger partial charge on any atom is 0.0540 e. The van der Waals surface area contributed by atoms with E-state index in [1.165, 1.54) is 75.5 Å². The van der Waals surface area contributed by atoms with Crippen LogP contribution in [0.15, 0.2) is 212 Å². The Balaban J connectivity index is 1.14. The van der Waals surface area contributed by atoms with Gasteiger partial charge in [-0.2, -0.15) is 0 Å². The second-order valence-corrected chi connectivity index (χ2v) is 14.8. The molecular formula is C52H35NS. The lowest BCUT2D eigenvalue weighted by Crippen LogP contribution is -2.12. The number of fused-ring (bicyclic) bond motifs is 4. The van der Waals surface area contributed by atoms with Gasteiger partial charge in [-0.3, -0.25) is 0 Å². The third kappa shape index (κ3) is 5.74. The molecule has 0 bridgehead atoms. The molecule has 0 radical (unpaired) electrons. The van der Waals surface area contributed by atoms with Crippen LogP contribution in [0.3, 0.4) is 0 Å². The van der Waals surface area contributed by atoms with Crippen molar-refractivity contribution >= 4 is 59.3 Å². The Morgan fingerprint density at radius 3 is 1.59 bits per heavy atom. The van der Waals surface area contributed by atoms with Crippen LogP contribution < -0.4 is 4.90 Å². The molecule has 254 valence electrons. The highest BCUT2D eigenvalue weighted by molar-refractivity contribution is 7.26. The van der Waals surface area contributed by atoms with Crippen molar-refractivity contribution in [3.05, 3.63) is 212 Å². The SMILES string of the molecule is c1ccc(-c2ccc(-c3ccc(N(c4ccccc4-c4ccc5ccccc5c4)c4ccccc4-c4cccc5c4sc4ccccc45)cc3)cc2)cc1. The van der Waals surface area contributed by atoms with Gasteiger partial charge in [-0.25, -0.2) is 0 Å². The monoisotopic (exact) mass is 705 g/mol. The maximum atomic E-state index is 2.45. The molecule has 0 aliphatic carbocycles. The predicted octanol–water partition coefficient (Wildman–Crippen LogP) is 15.3. The van der Waals surface area contributed by atoms with E-state index in [1.54, 1.807) is 0 Å². The highest BCUT2D eigenvalue weighted by Gasteiger charge is 2.22. The highest BCUT2D eigenvalue weighted by atomic mass is 32.1. The van der Waals surface area contributed by atoms with E-state index in [2.05, 4.69) is 217 Å². The molecule has 0 spiro atoms. The second kappa shape index (κ2) is 13.7. The van der Waals surface area contributed by atoms with Gasteiger partial charge in [0.25, 0.3) is 0 Å². The van der Waals surface area contributed by atoms with E-state index >= 15 is 0 Å². The molecule has 1 heterocycles. The molecular weight excluding hydrogens is 671 g/mol. The predicted molar refractivity (Wildman–Crippen MR) is 233 cm³/mol. The summed E-state index contributed by atoms with van der Waals surface area (Å²) in [5.74, 6) is 0. The number of nitrogens with zero attached hydrogens (tertiary/aromatic N) is 1. The van der Waals surface area contributed by atoms with Crippen LogP contribution in [0.5, 0.6) is 0 Å². The lowest BCUT2D eigenvalue weighted by atomic mass is 9.96. The van der Waals surface area contributed by atoms with Crippen LogP contribution in [0.4, 0.5) is 17.1 Å². The van der Waals surface area contributed by atoms with Gasteiger partial charge in [-0.1, -0.05) is 176 Å². The molecule has 0 N–H and O–H groups in total. The number of para-hydroxylation sites is 2. The fourth-order valence-corrected chi connectivity index (χ4v) is 9.05. The van der Waals surface area contributed by atoms with E-state index in [0.29, 0.717) is 0 Å². The summed E-state index contributed by atoms with van der Waals surface area (Å²) < 4.78 is 2.62. The first-order valence-electron chi connectivity index (χ1n) is 18.4. The number of anilines is 3. The fourth-order valence-electron chi connectivity index (χ4n) is 7.82. The topological polar surface area (TPSA) is 3.24 Å². The molecule has 10 aromatic rings. The number of hydrogen-bond donors (Lipinski definition) is 0. The summed E-state index contributed by atoms with van der Waals surface area (Å²) in [6, 6.07) is 77.1. The first-order valence-corrected chi connectivity index (χ1v) is 19.2. The molecule has 2 heteroatoms. The van der Waals surface area contributed by atoms with E-state index in [9.17, 15) is 0 Å². The first kappa shape index (κ1) is 32.0. The average Bonchev–Trinajstić information content (AvgIpc) is 3.64. The smallest absolute Gasteiger partial charge is 0.0540 e. The van der Waals surface area contributed by atoms with Crippen molar-refractivity contribution in [3.63, 3.8) is 0 Å². The van der Waals surface area contributed by atoms with Crippen LogP contribution in [-0.2, 0) is 0 Å². The fraction of sp³-hybridized carbons (Fsp3) is 0. The van der Waals surface area contributed by atoms with Gasteiger partial charge in [0.2, 0.25) is 0 Å². The Morgan fingerprint density at radius 2 is 0.833 bits per heavy atom. The average molecular weight is 706 g/mol. The zero-order chi connectivity index (χ0) is 35.8. The van der Waals surface area contributed by atoms with Crippen LogP contribution in [0, 0.1) is 0 Å². The molecule has 0 aliphatic rings. The lowest BCUT2D eigenvalue weighted by molar-refractivity contribution is 1.28. The summed E-state index contributed by atoms with van der Waals surface area (Å²) in [6.07, 6.45) is 0. The minimum atomic E-state index is 1.10. The minimum absolute atomic E-state index is 1.10. The highest BCUT2D eigenvalue weighted by Crippen LogP contribution is 2.48. The molecule has 10 rings (SSSR count). The lowest BCUT2D eigenvalue weighted by Gasteiger charge is -2.30. The van der Waals surface area contributed by atoms with Crippen LogP contribution in [0.2, 0.25) is 0 Å². The van der Waals surface area contributed by atoms with Crippen molar-refractivity contribution in [2.24, 2.45) is 0 Å². The van der Waals surface area contributed by atoms with Crippen LogP contribution in [-0.4, -0.2) is 0 Å². The Labute approximate surface area is 319 Å². The number of thiophene rings is 1. The third-order valence-electron chi connectivity index (χ3n) is 10.5. The molecule has 9 aromatic carbocycles. The van der Waals surface area contributed by atoms with E-state index in [-0.39, 0.29) is 0 Å². The largest absolute Gasteiger partial charge is 0.309 e. The van der Waals surface area contributed by atoms with Crippen molar-refractivity contribution in [2.45, 2.75) is 0 Å². The van der Waals surface area contributed by atoms with Crippen molar-refractivity contribution < 1.29 is 0 Å². The van der Waals surface area contributed by atoms with Gasteiger partial charge in [0.15, 0.2) is 0 Å². The number of benzene rings is 9. The van der Waals surface area contributed by atoms with E-state index in [0.717, 1.165) is 17.1 Å². The summed E-state index contributed by atoms with van der Waals surface area (Å²) in [4.78, 5) is 2.45. The molecule has 0 amide bonds. The zero-order valence-corrected chi connectivity index (χ0v) is 30.4. The van der Waals surface area contributed by atoms with Gasteiger partial charge in [-0.05, 0) is 75.0 Å². The Morgan fingerprint density at radius 1 is 0.315 bits per heavy atom. The van der Waals surface area contributed by atoms with Gasteiger partial charge < -0.3 is 4.90 Å². The van der Waals surface area contributed by atoms with Crippen molar-refractivity contribution in [2.75, 3.05) is 4.90 Å². The van der Waals surface area contributed by atoms with E-state index in [4.69, 9.17) is 0 Å². The quantitative estimate of drug-likeness (QED) is 0.160. The van der Waals surface area contributed by atoms with Gasteiger partial charge in [0.05, 0.1) is 11.4 Å². The molecule has 0 fully saturated rings. The van der Waals surface area contributed by atoms with Crippen LogP contribution in [0.1, 0.15) is 0 Å². The Hall–Kier alpha value is -6.74. The van der Waals surface area contributed by atoms with E-state index < -0.39 is 0 Å². The number of rotatable bonds is 7. The Kier molecular flexibility index (Phi) is 8.09. The van der Waals surface area contributed by atoms with E-state index in [1.807, 2.05) is 11.3 Å². The second-order valence-electron chi connectivity index (χ2n) is 13.7. The first-order chi connectivity index (χ1) is 26.8. The molecule has 0 saturated heterocycles. The molecule has 1 aromatic heterocycles. The van der Waals surface area contributed by atoms with Crippen molar-refractivity contribution in [1.29, 1.82) is 0 Å². The van der Waals surface area contributed by atoms with Crippen LogP contribution >= 0.6 is 11.3 Å². The van der Waals surface area contributed by atoms with Crippen molar-refractivity contribution in [1.82, 2.24) is 0 Å². The summed E-state index contributed by atoms with van der Waals surface area (Å²) in [5, 5.41) is 5.08. The Bertz CT molecular complexity index is 2920. The molecule has 0 saturated carbocycles. The molecule has 0 aliphatic heterocycles. The summed E-state index contributed by atoms with van der Waals surface area (Å²) in [6.45, 7) is 0. The van der Waals surface area contributed by atoms with Crippen LogP contribution in [0.25, 0.3) is 75.5 Å². The normalized spacial score (nSPS) is 11.3. The number of hydrogen-bond acceptors (Lipinski definition) is 2. The maximum absolute atomic E-state index is 2.45. The standard InChI is InChI=1S/C52H35NS/c1-2-13-36(14-3-1)38-25-27-39(28-26-38)40-31-33-43(34-32-40)53(49-22-9-6-17-44(49)42-30-29-37-15-4-5-16-41(37)35-42)50-23-10-7-18-45(50)47-20-12-21-48-46-19-8-11-24-51(46)54-52(47)48/h1-35H. The molecule has 1 nitrogen and oxygen atoms in total. The minimum Gasteiger partial charge on any atom is -0.309 e. The van der Waals surface area contributed by atoms with Gasteiger partial charge >= 0.3 is 0 Å². The zero-order valence-electron chi connectivity index (χ0n) is 29.6. The molecule has 0 atom stereocenters. The van der Waals surface area contributed by atoms with Gasteiger partial charge in [-0.15, -0.1) is 11.3 Å². The molecule has 54 heavy (non-hydrogen) atoms. The summed E-state index contributed by atoms with van der Waals surface area (Å²) in [5.41, 5.74) is 13.0. The van der Waals surface area contributed by atoms with Gasteiger partial charge in [0.1, 0.15) is 0 Å². The summed E-state index contributed by atoms with van der Waals surface area (Å²) >= 11 is 1.88. The van der Waals surface area contributed by atoms with Gasteiger partial charge in [0, 0.05) is 42.6 Å². The van der Waals surface area contributed by atoms with Crippen molar-refractivity contribution in [3.8, 4) is 44.5 Å².